The first kappa shape index (κ1) is 15.6. The van der Waals surface area contributed by atoms with E-state index in [1.54, 1.807) is 12.1 Å². The third kappa shape index (κ3) is 2.81. The second kappa shape index (κ2) is 5.53. The van der Waals surface area contributed by atoms with E-state index in [0.29, 0.717) is 12.1 Å². The van der Waals surface area contributed by atoms with Gasteiger partial charge in [-0.15, -0.1) is 0 Å². The van der Waals surface area contributed by atoms with Crippen molar-refractivity contribution in [3.05, 3.63) is 35.0 Å². The summed E-state index contributed by atoms with van der Waals surface area (Å²) in [6.07, 6.45) is 2.86. The first-order chi connectivity index (χ1) is 9.79. The van der Waals surface area contributed by atoms with E-state index in [4.69, 9.17) is 0 Å². The largest absolute Gasteiger partial charge is 0.478 e. The Morgan fingerprint density at radius 3 is 2.43 bits per heavy atom. The summed E-state index contributed by atoms with van der Waals surface area (Å²) in [5.74, 6) is -0.903. The van der Waals surface area contributed by atoms with E-state index < -0.39 is 5.97 Å². The van der Waals surface area contributed by atoms with Crippen LogP contribution >= 0.6 is 0 Å². The van der Waals surface area contributed by atoms with Crippen LogP contribution in [0.15, 0.2) is 18.3 Å². The molecule has 114 valence electrons. The van der Waals surface area contributed by atoms with Gasteiger partial charge in [0.2, 0.25) is 0 Å². The lowest BCUT2D eigenvalue weighted by molar-refractivity contribution is 0.0697. The number of nitrogens with zero attached hydrogens (tertiary/aromatic N) is 1. The topological polar surface area (TPSA) is 62.5 Å². The molecular formula is C17H23NO3. The summed E-state index contributed by atoms with van der Waals surface area (Å²) in [6.45, 7) is 8.88. The molecule has 0 fully saturated rings. The summed E-state index contributed by atoms with van der Waals surface area (Å²) in [7, 11) is 0. The Balaban J connectivity index is 2.89. The Labute approximate surface area is 125 Å². The van der Waals surface area contributed by atoms with Crippen LogP contribution in [-0.2, 0) is 18.4 Å². The van der Waals surface area contributed by atoms with Crippen molar-refractivity contribution in [2.45, 2.75) is 46.1 Å². The number of carboxylic acids is 1. The molecule has 0 radical (unpaired) electrons. The number of aryl methyl sites for hydroxylation is 1. The molecule has 1 aromatic carbocycles. The summed E-state index contributed by atoms with van der Waals surface area (Å²) < 4.78 is 2.04. The van der Waals surface area contributed by atoms with Crippen LogP contribution in [0.25, 0.3) is 10.9 Å². The van der Waals surface area contributed by atoms with Crippen molar-refractivity contribution in [1.82, 2.24) is 4.57 Å². The molecule has 1 aromatic heterocycles. The predicted octanol–water partition coefficient (Wildman–Crippen LogP) is 3.19. The van der Waals surface area contributed by atoms with Crippen LogP contribution in [0.2, 0.25) is 0 Å². The van der Waals surface area contributed by atoms with Gasteiger partial charge in [0.25, 0.3) is 0 Å². The van der Waals surface area contributed by atoms with Crippen LogP contribution in [0, 0.1) is 0 Å². The molecular weight excluding hydrogens is 266 g/mol. The molecule has 0 atom stereocenters. The number of rotatable bonds is 4. The number of aliphatic hydroxyl groups excluding tert-OH is 1. The fourth-order valence-electron chi connectivity index (χ4n) is 2.77. The maximum Gasteiger partial charge on any atom is 0.335 e. The quantitative estimate of drug-likeness (QED) is 0.908. The van der Waals surface area contributed by atoms with E-state index in [1.807, 2.05) is 10.8 Å². The van der Waals surface area contributed by atoms with Crippen molar-refractivity contribution in [1.29, 1.82) is 0 Å². The van der Waals surface area contributed by atoms with Gasteiger partial charge >= 0.3 is 5.97 Å². The highest BCUT2D eigenvalue weighted by Gasteiger charge is 2.23. The number of carbonyl (C=O) groups is 1. The van der Waals surface area contributed by atoms with E-state index in [9.17, 15) is 15.0 Å². The van der Waals surface area contributed by atoms with Crippen molar-refractivity contribution in [2.24, 2.45) is 0 Å². The summed E-state index contributed by atoms with van der Waals surface area (Å²) in [6, 6.07) is 3.51. The number of aliphatic hydroxyl groups is 1. The third-order valence-electron chi connectivity index (χ3n) is 3.83. The highest BCUT2D eigenvalue weighted by Crippen LogP contribution is 2.34. The standard InChI is InChI=1S/C17H23NO3/c1-5-11-10-18(6-7-19)15-13(11)8-12(16(20)21)9-14(15)17(2,3)4/h8-10,19H,5-7H2,1-4H3,(H,20,21). The second-order valence-corrected chi connectivity index (χ2v) is 6.40. The molecule has 0 aliphatic carbocycles. The Hall–Kier alpha value is -1.81. The normalized spacial score (nSPS) is 12.0. The van der Waals surface area contributed by atoms with Gasteiger partial charge in [0.1, 0.15) is 0 Å². The van der Waals surface area contributed by atoms with Crippen LogP contribution in [0.3, 0.4) is 0 Å². The highest BCUT2D eigenvalue weighted by atomic mass is 16.4. The van der Waals surface area contributed by atoms with Gasteiger partial charge in [-0.3, -0.25) is 0 Å². The minimum Gasteiger partial charge on any atom is -0.478 e. The number of fused-ring (bicyclic) bond motifs is 1. The van der Waals surface area contributed by atoms with Crippen LogP contribution in [0.4, 0.5) is 0 Å². The lowest BCUT2D eigenvalue weighted by Crippen LogP contribution is -2.15. The maximum absolute atomic E-state index is 11.4. The van der Waals surface area contributed by atoms with Crippen molar-refractivity contribution >= 4 is 16.9 Å². The predicted molar refractivity (Wildman–Crippen MR) is 84.1 cm³/mol. The molecule has 0 unspecified atom stereocenters. The van der Waals surface area contributed by atoms with Crippen molar-refractivity contribution < 1.29 is 15.0 Å². The van der Waals surface area contributed by atoms with Gasteiger partial charge in [0, 0.05) is 18.1 Å². The lowest BCUT2D eigenvalue weighted by Gasteiger charge is -2.22. The zero-order chi connectivity index (χ0) is 15.8. The van der Waals surface area contributed by atoms with Gasteiger partial charge in [-0.2, -0.15) is 0 Å². The van der Waals surface area contributed by atoms with E-state index in [2.05, 4.69) is 27.7 Å². The lowest BCUT2D eigenvalue weighted by atomic mass is 9.84. The highest BCUT2D eigenvalue weighted by molar-refractivity contribution is 5.97. The van der Waals surface area contributed by atoms with Gasteiger partial charge in [0.15, 0.2) is 0 Å². The minimum atomic E-state index is -0.903. The van der Waals surface area contributed by atoms with E-state index in [1.165, 1.54) is 0 Å². The Morgan fingerprint density at radius 2 is 1.95 bits per heavy atom. The van der Waals surface area contributed by atoms with Gasteiger partial charge in [0.05, 0.1) is 17.7 Å². The van der Waals surface area contributed by atoms with Gasteiger partial charge in [-0.1, -0.05) is 27.7 Å². The number of aromatic nitrogens is 1. The second-order valence-electron chi connectivity index (χ2n) is 6.40. The Bertz CT molecular complexity index is 677. The van der Waals surface area contributed by atoms with Gasteiger partial charge in [-0.25, -0.2) is 4.79 Å². The molecule has 0 bridgehead atoms. The Morgan fingerprint density at radius 1 is 1.29 bits per heavy atom. The molecule has 4 heteroatoms. The molecule has 0 saturated heterocycles. The maximum atomic E-state index is 11.4. The fourth-order valence-corrected chi connectivity index (χ4v) is 2.77. The van der Waals surface area contributed by atoms with E-state index >= 15 is 0 Å². The van der Waals surface area contributed by atoms with Crippen LogP contribution in [-0.4, -0.2) is 27.4 Å². The molecule has 21 heavy (non-hydrogen) atoms. The number of aromatic carboxylic acids is 1. The smallest absolute Gasteiger partial charge is 0.335 e. The SMILES string of the molecule is CCc1cn(CCO)c2c(C(C)(C)C)cc(C(=O)O)cc12. The fraction of sp³-hybridized carbons (Fsp3) is 0.471. The summed E-state index contributed by atoms with van der Waals surface area (Å²) >= 11 is 0. The summed E-state index contributed by atoms with van der Waals surface area (Å²) in [5.41, 5.74) is 3.32. The molecule has 4 nitrogen and oxygen atoms in total. The van der Waals surface area contributed by atoms with Crippen LogP contribution < -0.4 is 0 Å². The van der Waals surface area contributed by atoms with E-state index in [0.717, 1.165) is 28.5 Å². The van der Waals surface area contributed by atoms with E-state index in [-0.39, 0.29) is 12.0 Å². The monoisotopic (exact) mass is 289 g/mol. The molecule has 2 N–H and O–H groups in total. The molecule has 0 amide bonds. The summed E-state index contributed by atoms with van der Waals surface area (Å²) in [5, 5.41) is 19.6. The number of hydrogen-bond donors (Lipinski definition) is 2. The molecule has 0 aliphatic heterocycles. The average Bonchev–Trinajstić information content (AvgIpc) is 2.75. The van der Waals surface area contributed by atoms with Gasteiger partial charge in [-0.05, 0) is 35.1 Å². The molecule has 2 aromatic rings. The number of carboxylic acid groups (broad SMARTS) is 1. The van der Waals surface area contributed by atoms with Crippen LogP contribution in [0.1, 0.15) is 49.2 Å². The minimum absolute atomic E-state index is 0.0667. The molecule has 2 rings (SSSR count). The van der Waals surface area contributed by atoms with Crippen molar-refractivity contribution in [3.8, 4) is 0 Å². The summed E-state index contributed by atoms with van der Waals surface area (Å²) in [4.78, 5) is 11.4. The number of hydrogen-bond acceptors (Lipinski definition) is 2. The molecule has 1 heterocycles. The average molecular weight is 289 g/mol. The zero-order valence-corrected chi connectivity index (χ0v) is 13.1. The number of benzene rings is 1. The van der Waals surface area contributed by atoms with Gasteiger partial charge < -0.3 is 14.8 Å². The van der Waals surface area contributed by atoms with Crippen molar-refractivity contribution in [3.63, 3.8) is 0 Å². The van der Waals surface area contributed by atoms with Crippen molar-refractivity contribution in [2.75, 3.05) is 6.61 Å². The van der Waals surface area contributed by atoms with Crippen LogP contribution in [0.5, 0.6) is 0 Å². The zero-order valence-electron chi connectivity index (χ0n) is 13.1. The first-order valence-electron chi connectivity index (χ1n) is 7.30. The Kier molecular flexibility index (Phi) is 4.10. The molecule has 0 spiro atoms. The molecule has 0 saturated carbocycles. The molecule has 0 aliphatic rings. The first-order valence-corrected chi connectivity index (χ1v) is 7.30. The third-order valence-corrected chi connectivity index (χ3v) is 3.83.